The first-order chi connectivity index (χ1) is 11.6. The Morgan fingerprint density at radius 2 is 1.96 bits per heavy atom. The molecular weight excluding hydrogens is 470 g/mol. The van der Waals surface area contributed by atoms with Crippen molar-refractivity contribution in [3.05, 3.63) is 68.5 Å². The molecule has 8 heteroatoms. The van der Waals surface area contributed by atoms with Gasteiger partial charge in [0, 0.05) is 21.5 Å². The van der Waals surface area contributed by atoms with Crippen LogP contribution in [0.25, 0.3) is 11.3 Å². The molecule has 0 saturated carbocycles. The summed E-state index contributed by atoms with van der Waals surface area (Å²) in [6.45, 7) is 2.87. The van der Waals surface area contributed by atoms with E-state index in [9.17, 15) is 10.1 Å². The van der Waals surface area contributed by atoms with Crippen molar-refractivity contribution < 1.29 is 26.5 Å². The Morgan fingerprint density at radius 3 is 2.60 bits per heavy atom. The van der Waals surface area contributed by atoms with Crippen LogP contribution in [0.3, 0.4) is 0 Å². The summed E-state index contributed by atoms with van der Waals surface area (Å²) >= 11 is 5.03. The predicted molar refractivity (Wildman–Crippen MR) is 99.7 cm³/mol. The van der Waals surface area contributed by atoms with Crippen molar-refractivity contribution in [1.82, 2.24) is 0 Å². The molecule has 0 aliphatic carbocycles. The lowest BCUT2D eigenvalue weighted by atomic mass is 10.2. The summed E-state index contributed by atoms with van der Waals surface area (Å²) in [5.41, 5.74) is 3.02. The van der Waals surface area contributed by atoms with Gasteiger partial charge in [-0.15, -0.1) is 0 Å². The molecule has 0 fully saturated rings. The minimum Gasteiger partial charge on any atom is -1.00 e. The van der Waals surface area contributed by atoms with Crippen molar-refractivity contribution in [1.29, 1.82) is 0 Å². The lowest BCUT2D eigenvalue weighted by molar-refractivity contribution is -0.664. The Kier molecular flexibility index (Phi) is 6.69. The Bertz CT molecular complexity index is 882. The van der Waals surface area contributed by atoms with Gasteiger partial charge in [0.25, 0.3) is 5.69 Å². The summed E-state index contributed by atoms with van der Waals surface area (Å²) in [6.07, 6.45) is 0. The third kappa shape index (κ3) is 4.45. The van der Waals surface area contributed by atoms with Gasteiger partial charge in [-0.25, -0.2) is 9.88 Å². The zero-order valence-corrected chi connectivity index (χ0v) is 17.3. The van der Waals surface area contributed by atoms with Crippen LogP contribution in [0, 0.1) is 10.1 Å². The van der Waals surface area contributed by atoms with E-state index < -0.39 is 0 Å². The number of rotatable bonds is 5. The molecule has 1 heterocycles. The number of thiazole rings is 1. The summed E-state index contributed by atoms with van der Waals surface area (Å²) in [5, 5.41) is 17.2. The molecule has 25 heavy (non-hydrogen) atoms. The first-order valence-corrected chi connectivity index (χ1v) is 9.04. The third-order valence-electron chi connectivity index (χ3n) is 3.58. The van der Waals surface area contributed by atoms with Gasteiger partial charge in [0.05, 0.1) is 17.5 Å². The Morgan fingerprint density at radius 1 is 1.24 bits per heavy atom. The van der Waals surface area contributed by atoms with Gasteiger partial charge in [-0.3, -0.25) is 10.1 Å². The molecule has 3 aromatic rings. The second kappa shape index (κ2) is 8.55. The normalized spacial score (nSPS) is 10.2. The van der Waals surface area contributed by atoms with Crippen LogP contribution in [0.4, 0.5) is 16.5 Å². The molecule has 1 N–H and O–H groups in total. The molecule has 3 rings (SSSR count). The lowest BCUT2D eigenvalue weighted by Crippen LogP contribution is -3.00. The summed E-state index contributed by atoms with van der Waals surface area (Å²) in [6, 6.07) is 14.7. The topological polar surface area (TPSA) is 59.0 Å². The predicted octanol–water partition coefficient (Wildman–Crippen LogP) is 2.14. The van der Waals surface area contributed by atoms with Crippen molar-refractivity contribution in [2.75, 3.05) is 5.32 Å². The molecule has 0 spiro atoms. The van der Waals surface area contributed by atoms with Gasteiger partial charge in [-0.05, 0) is 37.3 Å². The fraction of sp³-hybridized carbons (Fsp3) is 0.118. The van der Waals surface area contributed by atoms with Gasteiger partial charge >= 0.3 is 5.13 Å². The minimum atomic E-state index is -0.388. The number of nitrogens with one attached hydrogen (secondary N) is 1. The smallest absolute Gasteiger partial charge is 0.339 e. The maximum atomic E-state index is 10.9. The van der Waals surface area contributed by atoms with Crippen LogP contribution in [0.5, 0.6) is 0 Å². The SMILES string of the molecule is CC[n+]1c(-c2ccc(Br)cc2)csc1Nc1cccc([N+](=O)[O-])c1.[Br-]. The van der Waals surface area contributed by atoms with Gasteiger partial charge < -0.3 is 17.0 Å². The van der Waals surface area contributed by atoms with E-state index in [1.165, 1.54) is 6.07 Å². The van der Waals surface area contributed by atoms with E-state index in [1.54, 1.807) is 23.5 Å². The molecule has 130 valence electrons. The van der Waals surface area contributed by atoms with Crippen LogP contribution in [-0.4, -0.2) is 4.92 Å². The van der Waals surface area contributed by atoms with Gasteiger partial charge in [0.2, 0.25) is 0 Å². The fourth-order valence-corrected chi connectivity index (χ4v) is 3.71. The molecule has 0 unspecified atom stereocenters. The number of anilines is 2. The highest BCUT2D eigenvalue weighted by Gasteiger charge is 2.19. The average Bonchev–Trinajstić information content (AvgIpc) is 2.98. The fourth-order valence-electron chi connectivity index (χ4n) is 2.42. The van der Waals surface area contributed by atoms with E-state index in [4.69, 9.17) is 0 Å². The van der Waals surface area contributed by atoms with Gasteiger partial charge in [-0.1, -0.05) is 33.3 Å². The largest absolute Gasteiger partial charge is 1.00 e. The van der Waals surface area contributed by atoms with Crippen LogP contribution < -0.4 is 26.9 Å². The molecule has 5 nitrogen and oxygen atoms in total. The molecule has 0 bridgehead atoms. The van der Waals surface area contributed by atoms with Gasteiger partial charge in [-0.2, -0.15) is 0 Å². The van der Waals surface area contributed by atoms with Crippen molar-refractivity contribution >= 4 is 43.8 Å². The van der Waals surface area contributed by atoms with Crippen molar-refractivity contribution in [3.8, 4) is 11.3 Å². The molecule has 0 atom stereocenters. The maximum Gasteiger partial charge on any atom is 0.339 e. The molecule has 0 radical (unpaired) electrons. The number of hydrogen-bond donors (Lipinski definition) is 1. The Labute approximate surface area is 168 Å². The van der Waals surface area contributed by atoms with E-state index in [0.29, 0.717) is 5.69 Å². The maximum absolute atomic E-state index is 10.9. The van der Waals surface area contributed by atoms with E-state index >= 15 is 0 Å². The van der Waals surface area contributed by atoms with Crippen LogP contribution >= 0.6 is 27.3 Å². The van der Waals surface area contributed by atoms with Gasteiger partial charge in [0.15, 0.2) is 0 Å². The van der Waals surface area contributed by atoms with E-state index in [0.717, 1.165) is 27.4 Å². The van der Waals surface area contributed by atoms with Crippen LogP contribution in [0.15, 0.2) is 58.4 Å². The number of halogens is 2. The number of nitro groups is 1. The molecule has 0 saturated heterocycles. The van der Waals surface area contributed by atoms with Crippen LogP contribution in [-0.2, 0) is 6.54 Å². The number of hydrogen-bond acceptors (Lipinski definition) is 4. The van der Waals surface area contributed by atoms with Crippen LogP contribution in [0.1, 0.15) is 6.92 Å². The lowest BCUT2D eigenvalue weighted by Gasteiger charge is -2.04. The second-order valence-electron chi connectivity index (χ2n) is 5.11. The second-order valence-corrected chi connectivity index (χ2v) is 6.88. The molecular formula is C17H15Br2N3O2S. The summed E-state index contributed by atoms with van der Waals surface area (Å²) in [5.74, 6) is 0. The first kappa shape index (κ1) is 19.6. The Hall–Kier alpha value is -1.77. The molecule has 1 aromatic heterocycles. The standard InChI is InChI=1S/C17H14BrN3O2S.BrH/c1-2-20-16(12-6-8-13(18)9-7-12)11-24-17(20)19-14-4-3-5-15(10-14)21(22)23;/h3-11H,2H2,1H3;1H. The zero-order chi connectivity index (χ0) is 17.1. The summed E-state index contributed by atoms with van der Waals surface area (Å²) in [7, 11) is 0. The van der Waals surface area contributed by atoms with Gasteiger partial charge in [0.1, 0.15) is 11.4 Å². The van der Waals surface area contributed by atoms with E-state index in [1.807, 2.05) is 18.2 Å². The molecule has 2 aromatic carbocycles. The number of benzene rings is 2. The first-order valence-electron chi connectivity index (χ1n) is 7.37. The van der Waals surface area contributed by atoms with Crippen molar-refractivity contribution in [2.45, 2.75) is 13.5 Å². The molecule has 0 amide bonds. The number of nitro benzene ring substituents is 1. The number of non-ortho nitro benzene ring substituents is 1. The highest BCUT2D eigenvalue weighted by Crippen LogP contribution is 2.27. The molecule has 0 aliphatic rings. The monoisotopic (exact) mass is 483 g/mol. The van der Waals surface area contributed by atoms with E-state index in [-0.39, 0.29) is 27.6 Å². The number of aromatic nitrogens is 1. The number of nitrogens with zero attached hydrogens (tertiary/aromatic N) is 2. The highest BCUT2D eigenvalue weighted by molar-refractivity contribution is 9.10. The summed E-state index contributed by atoms with van der Waals surface area (Å²) < 4.78 is 3.20. The van der Waals surface area contributed by atoms with Crippen LogP contribution in [0.2, 0.25) is 0 Å². The van der Waals surface area contributed by atoms with Crippen molar-refractivity contribution in [2.24, 2.45) is 0 Å². The minimum absolute atomic E-state index is 0. The average molecular weight is 485 g/mol. The quantitative estimate of drug-likeness (QED) is 0.343. The van der Waals surface area contributed by atoms with Crippen molar-refractivity contribution in [3.63, 3.8) is 0 Å². The third-order valence-corrected chi connectivity index (χ3v) is 5.00. The zero-order valence-electron chi connectivity index (χ0n) is 13.3. The highest BCUT2D eigenvalue weighted by atomic mass is 79.9. The Balaban J connectivity index is 0.00000225. The van der Waals surface area contributed by atoms with E-state index in [2.05, 4.69) is 50.3 Å². The summed E-state index contributed by atoms with van der Waals surface area (Å²) in [4.78, 5) is 10.5. The molecule has 0 aliphatic heterocycles.